The van der Waals surface area contributed by atoms with Gasteiger partial charge in [-0.1, -0.05) is 30.6 Å². The van der Waals surface area contributed by atoms with Crippen molar-refractivity contribution in [2.75, 3.05) is 7.05 Å². The molecule has 1 unspecified atom stereocenters. The van der Waals surface area contributed by atoms with Gasteiger partial charge in [-0.25, -0.2) is 0 Å². The summed E-state index contributed by atoms with van der Waals surface area (Å²) in [4.78, 5) is 8.51. The summed E-state index contributed by atoms with van der Waals surface area (Å²) in [6, 6.07) is 3.82. The lowest BCUT2D eigenvalue weighted by Crippen LogP contribution is -2.32. The summed E-state index contributed by atoms with van der Waals surface area (Å²) >= 11 is 6.05. The minimum absolute atomic E-state index is 0.299. The zero-order valence-corrected chi connectivity index (χ0v) is 12.0. The fraction of sp³-hybridized carbons (Fsp3) is 0.462. The van der Waals surface area contributed by atoms with Crippen LogP contribution < -0.4 is 5.32 Å². The van der Waals surface area contributed by atoms with E-state index in [9.17, 15) is 0 Å². The molecular weight excluding hydrogens is 264 g/mol. The highest BCUT2D eigenvalue weighted by Gasteiger charge is 2.18. The van der Waals surface area contributed by atoms with Crippen LogP contribution in [-0.4, -0.2) is 28.2 Å². The van der Waals surface area contributed by atoms with Crippen molar-refractivity contribution in [3.05, 3.63) is 29.2 Å². The van der Waals surface area contributed by atoms with Crippen molar-refractivity contribution in [1.29, 1.82) is 0 Å². The standard InChI is InChI=1S/C13H17ClN4O/c1-8(2)10(15-3)7-11-17-13(18-19-11)12-9(14)5-4-6-16-12/h4-6,8,10,15H,7H2,1-3H3. The Morgan fingerprint density at radius 1 is 1.42 bits per heavy atom. The molecule has 0 aliphatic heterocycles. The van der Waals surface area contributed by atoms with Crippen LogP contribution in [0.4, 0.5) is 0 Å². The van der Waals surface area contributed by atoms with Gasteiger partial charge in [-0.15, -0.1) is 0 Å². The minimum Gasteiger partial charge on any atom is -0.339 e. The lowest BCUT2D eigenvalue weighted by Gasteiger charge is -2.17. The zero-order valence-electron chi connectivity index (χ0n) is 11.2. The Hall–Kier alpha value is -1.46. The Bertz CT molecular complexity index is 541. The third-order valence-corrected chi connectivity index (χ3v) is 3.31. The lowest BCUT2D eigenvalue weighted by atomic mass is 10.0. The number of aromatic nitrogens is 3. The number of rotatable bonds is 5. The van der Waals surface area contributed by atoms with E-state index in [0.29, 0.717) is 40.8 Å². The lowest BCUT2D eigenvalue weighted by molar-refractivity contribution is 0.335. The largest absolute Gasteiger partial charge is 0.339 e. The molecule has 2 aromatic heterocycles. The van der Waals surface area contributed by atoms with Crippen molar-refractivity contribution in [3.63, 3.8) is 0 Å². The molecule has 0 amide bonds. The number of hydrogen-bond donors (Lipinski definition) is 1. The highest BCUT2D eigenvalue weighted by atomic mass is 35.5. The maximum Gasteiger partial charge on any atom is 0.228 e. The second-order valence-electron chi connectivity index (χ2n) is 4.69. The first-order valence-electron chi connectivity index (χ1n) is 6.22. The van der Waals surface area contributed by atoms with Gasteiger partial charge >= 0.3 is 0 Å². The Morgan fingerprint density at radius 3 is 2.84 bits per heavy atom. The van der Waals surface area contributed by atoms with Crippen LogP contribution in [0.1, 0.15) is 19.7 Å². The highest BCUT2D eigenvalue weighted by molar-refractivity contribution is 6.32. The molecule has 0 radical (unpaired) electrons. The summed E-state index contributed by atoms with van der Waals surface area (Å²) in [5.74, 6) is 1.50. The molecule has 0 aromatic carbocycles. The van der Waals surface area contributed by atoms with Gasteiger partial charge < -0.3 is 9.84 Å². The summed E-state index contributed by atoms with van der Waals surface area (Å²) in [7, 11) is 1.93. The van der Waals surface area contributed by atoms with Gasteiger partial charge in [0, 0.05) is 18.7 Å². The van der Waals surface area contributed by atoms with Gasteiger partial charge in [-0.3, -0.25) is 4.98 Å². The van der Waals surface area contributed by atoms with Crippen molar-refractivity contribution in [1.82, 2.24) is 20.4 Å². The van der Waals surface area contributed by atoms with Crippen molar-refractivity contribution in [2.45, 2.75) is 26.3 Å². The van der Waals surface area contributed by atoms with E-state index in [1.165, 1.54) is 0 Å². The van der Waals surface area contributed by atoms with E-state index in [0.717, 1.165) is 0 Å². The molecule has 6 heteroatoms. The first kappa shape index (κ1) is 14.0. The normalized spacial score (nSPS) is 12.9. The Labute approximate surface area is 117 Å². The SMILES string of the molecule is CNC(Cc1nc(-c2ncccc2Cl)no1)C(C)C. The average Bonchev–Trinajstić information content (AvgIpc) is 2.84. The highest BCUT2D eigenvalue weighted by Crippen LogP contribution is 2.22. The molecule has 1 atom stereocenters. The van der Waals surface area contributed by atoms with E-state index < -0.39 is 0 Å². The molecule has 2 aromatic rings. The molecule has 102 valence electrons. The van der Waals surface area contributed by atoms with E-state index in [2.05, 4.69) is 34.3 Å². The average molecular weight is 281 g/mol. The fourth-order valence-electron chi connectivity index (χ4n) is 1.84. The number of pyridine rings is 1. The smallest absolute Gasteiger partial charge is 0.228 e. The molecule has 0 aliphatic carbocycles. The molecular formula is C13H17ClN4O. The molecule has 19 heavy (non-hydrogen) atoms. The van der Waals surface area contributed by atoms with Gasteiger partial charge in [0.1, 0.15) is 5.69 Å². The fourth-order valence-corrected chi connectivity index (χ4v) is 2.05. The van der Waals surface area contributed by atoms with Gasteiger partial charge in [0.05, 0.1) is 5.02 Å². The maximum atomic E-state index is 6.05. The van der Waals surface area contributed by atoms with Crippen LogP contribution >= 0.6 is 11.6 Å². The van der Waals surface area contributed by atoms with Crippen LogP contribution in [0.2, 0.25) is 5.02 Å². The van der Waals surface area contributed by atoms with Crippen molar-refractivity contribution < 1.29 is 4.52 Å². The van der Waals surface area contributed by atoms with E-state index in [-0.39, 0.29) is 0 Å². The quantitative estimate of drug-likeness (QED) is 0.912. The molecule has 5 nitrogen and oxygen atoms in total. The Morgan fingerprint density at radius 2 is 2.21 bits per heavy atom. The topological polar surface area (TPSA) is 63.8 Å². The molecule has 2 rings (SSSR count). The summed E-state index contributed by atoms with van der Waals surface area (Å²) in [6.45, 7) is 4.29. The van der Waals surface area contributed by atoms with E-state index in [1.54, 1.807) is 18.3 Å². The maximum absolute atomic E-state index is 6.05. The van der Waals surface area contributed by atoms with E-state index in [1.807, 2.05) is 7.05 Å². The second-order valence-corrected chi connectivity index (χ2v) is 5.10. The summed E-state index contributed by atoms with van der Waals surface area (Å²) < 4.78 is 5.26. The second kappa shape index (κ2) is 6.12. The number of nitrogens with one attached hydrogen (secondary N) is 1. The monoisotopic (exact) mass is 280 g/mol. The zero-order chi connectivity index (χ0) is 13.8. The first-order valence-corrected chi connectivity index (χ1v) is 6.60. The van der Waals surface area contributed by atoms with Crippen molar-refractivity contribution in [3.8, 4) is 11.5 Å². The van der Waals surface area contributed by atoms with Crippen molar-refractivity contribution in [2.24, 2.45) is 5.92 Å². The molecule has 0 spiro atoms. The molecule has 0 saturated carbocycles. The number of likely N-dealkylation sites (N-methyl/N-ethyl adjacent to an activating group) is 1. The van der Waals surface area contributed by atoms with E-state index >= 15 is 0 Å². The third-order valence-electron chi connectivity index (χ3n) is 3.01. The molecule has 0 fully saturated rings. The van der Waals surface area contributed by atoms with Crippen LogP contribution in [0.15, 0.2) is 22.9 Å². The van der Waals surface area contributed by atoms with Crippen LogP contribution in [0.5, 0.6) is 0 Å². The van der Waals surface area contributed by atoms with Gasteiger partial charge in [0.25, 0.3) is 0 Å². The molecule has 1 N–H and O–H groups in total. The molecule has 0 bridgehead atoms. The molecule has 0 aliphatic rings. The van der Waals surface area contributed by atoms with Crippen molar-refractivity contribution >= 4 is 11.6 Å². The predicted octanol–water partition coefficient (Wildman–Crippen LogP) is 2.57. The summed E-state index contributed by atoms with van der Waals surface area (Å²) in [5, 5.41) is 7.69. The number of nitrogens with zero attached hydrogens (tertiary/aromatic N) is 3. The van der Waals surface area contributed by atoms with Crippen LogP contribution in [-0.2, 0) is 6.42 Å². The Balaban J connectivity index is 2.18. The minimum atomic E-state index is 0.299. The van der Waals surface area contributed by atoms with E-state index in [4.69, 9.17) is 16.1 Å². The predicted molar refractivity (Wildman–Crippen MR) is 73.9 cm³/mol. The molecule has 2 heterocycles. The Kier molecular flexibility index (Phi) is 4.50. The van der Waals surface area contributed by atoms with Gasteiger partial charge in [-0.2, -0.15) is 4.98 Å². The summed E-state index contributed by atoms with van der Waals surface area (Å²) in [6.07, 6.45) is 2.34. The van der Waals surface area contributed by atoms with Gasteiger partial charge in [0.2, 0.25) is 11.7 Å². The third kappa shape index (κ3) is 3.30. The number of halogens is 1. The van der Waals surface area contributed by atoms with Crippen LogP contribution in [0.25, 0.3) is 11.5 Å². The first-order chi connectivity index (χ1) is 9.11. The summed E-state index contributed by atoms with van der Waals surface area (Å²) in [5.41, 5.74) is 0.546. The van der Waals surface area contributed by atoms with Crippen LogP contribution in [0, 0.1) is 5.92 Å². The van der Waals surface area contributed by atoms with Gasteiger partial charge in [-0.05, 0) is 25.1 Å². The van der Waals surface area contributed by atoms with Gasteiger partial charge in [0.15, 0.2) is 0 Å². The number of hydrogen-bond acceptors (Lipinski definition) is 5. The molecule has 0 saturated heterocycles. The van der Waals surface area contributed by atoms with Crippen LogP contribution in [0.3, 0.4) is 0 Å².